The number of hydrogen-bond donors (Lipinski definition) is 2. The van der Waals surface area contributed by atoms with Crippen molar-refractivity contribution in [1.82, 2.24) is 9.71 Å². The van der Waals surface area contributed by atoms with E-state index in [-0.39, 0.29) is 6.04 Å². The lowest BCUT2D eigenvalue weighted by atomic mass is 10.3. The van der Waals surface area contributed by atoms with Gasteiger partial charge in [0, 0.05) is 6.04 Å². The van der Waals surface area contributed by atoms with Crippen molar-refractivity contribution in [2.24, 2.45) is 0 Å². The van der Waals surface area contributed by atoms with Gasteiger partial charge in [-0.3, -0.25) is 4.72 Å². The minimum Gasteiger partial charge on any atom is -0.269 e. The summed E-state index contributed by atoms with van der Waals surface area (Å²) >= 11 is 3.21. The van der Waals surface area contributed by atoms with Crippen LogP contribution in [0.3, 0.4) is 0 Å². The highest BCUT2D eigenvalue weighted by Gasteiger charge is 2.12. The summed E-state index contributed by atoms with van der Waals surface area (Å²) in [6, 6.07) is 3.19. The number of pyridine rings is 1. The SMILES string of the molecule is Cc1nc(Br)ccc1NS(=O)(=O)NC(C)C. The Labute approximate surface area is 104 Å². The molecule has 0 aliphatic heterocycles. The third-order valence-electron chi connectivity index (χ3n) is 1.69. The zero-order chi connectivity index (χ0) is 12.3. The lowest BCUT2D eigenvalue weighted by Gasteiger charge is -2.12. The molecule has 1 rings (SSSR count). The molecule has 0 radical (unpaired) electrons. The standard InChI is InChI=1S/C9H14BrN3O2S/c1-6(2)12-16(14,15)13-8-4-5-9(10)11-7(8)3/h4-6,12-13H,1-3H3. The van der Waals surface area contributed by atoms with E-state index in [4.69, 9.17) is 0 Å². The van der Waals surface area contributed by atoms with Crippen molar-refractivity contribution in [3.8, 4) is 0 Å². The van der Waals surface area contributed by atoms with Gasteiger partial charge in [-0.15, -0.1) is 0 Å². The van der Waals surface area contributed by atoms with Crippen molar-refractivity contribution < 1.29 is 8.42 Å². The number of hydrogen-bond acceptors (Lipinski definition) is 3. The van der Waals surface area contributed by atoms with E-state index in [2.05, 4.69) is 30.4 Å². The summed E-state index contributed by atoms with van der Waals surface area (Å²) in [6.45, 7) is 5.25. The van der Waals surface area contributed by atoms with Crippen LogP contribution < -0.4 is 9.44 Å². The minimum absolute atomic E-state index is 0.152. The quantitative estimate of drug-likeness (QED) is 0.833. The first-order valence-electron chi connectivity index (χ1n) is 4.73. The fraction of sp³-hybridized carbons (Fsp3) is 0.444. The molecule has 90 valence electrons. The van der Waals surface area contributed by atoms with E-state index in [1.807, 2.05) is 0 Å². The second-order valence-electron chi connectivity index (χ2n) is 3.64. The highest BCUT2D eigenvalue weighted by atomic mass is 79.9. The molecule has 16 heavy (non-hydrogen) atoms. The minimum atomic E-state index is -3.52. The lowest BCUT2D eigenvalue weighted by Crippen LogP contribution is -2.35. The third-order valence-corrected chi connectivity index (χ3v) is 3.40. The van der Waals surface area contributed by atoms with Crippen molar-refractivity contribution in [3.05, 3.63) is 22.4 Å². The Morgan fingerprint density at radius 2 is 2.00 bits per heavy atom. The van der Waals surface area contributed by atoms with Gasteiger partial charge in [0.25, 0.3) is 10.2 Å². The van der Waals surface area contributed by atoms with E-state index in [1.165, 1.54) is 0 Å². The molecule has 0 fully saturated rings. The molecule has 0 aromatic carbocycles. The summed E-state index contributed by atoms with van der Waals surface area (Å²) in [4.78, 5) is 4.10. The maximum absolute atomic E-state index is 11.6. The van der Waals surface area contributed by atoms with Crippen LogP contribution in [0.25, 0.3) is 0 Å². The van der Waals surface area contributed by atoms with Crippen LogP contribution in [0.2, 0.25) is 0 Å². The molecule has 1 heterocycles. The molecule has 2 N–H and O–H groups in total. The van der Waals surface area contributed by atoms with E-state index < -0.39 is 10.2 Å². The highest BCUT2D eigenvalue weighted by Crippen LogP contribution is 2.16. The van der Waals surface area contributed by atoms with Gasteiger partial charge in [0.15, 0.2) is 0 Å². The Morgan fingerprint density at radius 1 is 1.38 bits per heavy atom. The fourth-order valence-electron chi connectivity index (χ4n) is 1.12. The summed E-state index contributed by atoms with van der Waals surface area (Å²) < 4.78 is 28.7. The maximum Gasteiger partial charge on any atom is 0.299 e. The van der Waals surface area contributed by atoms with E-state index in [0.717, 1.165) is 0 Å². The molecular weight excluding hydrogens is 294 g/mol. The van der Waals surface area contributed by atoms with Crippen LogP contribution in [0.5, 0.6) is 0 Å². The van der Waals surface area contributed by atoms with E-state index in [9.17, 15) is 8.42 Å². The zero-order valence-corrected chi connectivity index (χ0v) is 11.7. The Balaban J connectivity index is 2.88. The van der Waals surface area contributed by atoms with Gasteiger partial charge in [-0.1, -0.05) is 0 Å². The summed E-state index contributed by atoms with van der Waals surface area (Å²) in [6.07, 6.45) is 0. The molecular formula is C9H14BrN3O2S. The van der Waals surface area contributed by atoms with E-state index >= 15 is 0 Å². The molecule has 0 unspecified atom stereocenters. The van der Waals surface area contributed by atoms with Gasteiger partial charge in [-0.05, 0) is 48.8 Å². The van der Waals surface area contributed by atoms with Crippen LogP contribution in [0, 0.1) is 6.92 Å². The van der Waals surface area contributed by atoms with E-state index in [0.29, 0.717) is 16.0 Å². The van der Waals surface area contributed by atoms with Crippen LogP contribution in [0.1, 0.15) is 19.5 Å². The summed E-state index contributed by atoms with van der Waals surface area (Å²) in [7, 11) is -3.52. The Bertz CT molecular complexity index is 474. The molecule has 1 aromatic heterocycles. The highest BCUT2D eigenvalue weighted by molar-refractivity contribution is 9.10. The van der Waals surface area contributed by atoms with Crippen LogP contribution >= 0.6 is 15.9 Å². The number of aromatic nitrogens is 1. The molecule has 0 saturated heterocycles. The fourth-order valence-corrected chi connectivity index (χ4v) is 2.71. The molecule has 0 aliphatic carbocycles. The second kappa shape index (κ2) is 5.11. The topological polar surface area (TPSA) is 71.1 Å². The number of aryl methyl sites for hydroxylation is 1. The van der Waals surface area contributed by atoms with Gasteiger partial charge in [0.2, 0.25) is 0 Å². The molecule has 0 aliphatic rings. The number of rotatable bonds is 4. The van der Waals surface area contributed by atoms with Crippen molar-refractivity contribution in [3.63, 3.8) is 0 Å². The van der Waals surface area contributed by atoms with Crippen LogP contribution in [0.4, 0.5) is 5.69 Å². The van der Waals surface area contributed by atoms with Gasteiger partial charge >= 0.3 is 0 Å². The molecule has 1 aromatic rings. The van der Waals surface area contributed by atoms with Gasteiger partial charge in [-0.25, -0.2) is 4.98 Å². The third kappa shape index (κ3) is 4.07. The molecule has 5 nitrogen and oxygen atoms in total. The first-order valence-corrected chi connectivity index (χ1v) is 7.01. The Morgan fingerprint density at radius 3 is 2.50 bits per heavy atom. The Kier molecular flexibility index (Phi) is 4.28. The maximum atomic E-state index is 11.6. The smallest absolute Gasteiger partial charge is 0.269 e. The predicted octanol–water partition coefficient (Wildman–Crippen LogP) is 1.81. The lowest BCUT2D eigenvalue weighted by molar-refractivity contribution is 0.575. The Hall–Kier alpha value is -0.660. The largest absolute Gasteiger partial charge is 0.299 e. The molecule has 0 saturated carbocycles. The van der Waals surface area contributed by atoms with Crippen molar-refractivity contribution in [2.45, 2.75) is 26.8 Å². The van der Waals surface area contributed by atoms with Crippen LogP contribution in [-0.2, 0) is 10.2 Å². The van der Waals surface area contributed by atoms with Crippen LogP contribution in [0.15, 0.2) is 16.7 Å². The van der Waals surface area contributed by atoms with Crippen molar-refractivity contribution in [2.75, 3.05) is 4.72 Å². The molecule has 0 amide bonds. The number of anilines is 1. The molecule has 7 heteroatoms. The molecule has 0 bridgehead atoms. The predicted molar refractivity (Wildman–Crippen MR) is 67.5 cm³/mol. The average Bonchev–Trinajstić information content (AvgIpc) is 2.07. The van der Waals surface area contributed by atoms with Gasteiger partial charge in [0.05, 0.1) is 11.4 Å². The second-order valence-corrected chi connectivity index (χ2v) is 5.90. The molecule has 0 spiro atoms. The number of nitrogens with one attached hydrogen (secondary N) is 2. The first-order chi connectivity index (χ1) is 7.30. The average molecular weight is 308 g/mol. The summed E-state index contributed by atoms with van der Waals surface area (Å²) in [5, 5.41) is 0. The van der Waals surface area contributed by atoms with Gasteiger partial charge in [0.1, 0.15) is 4.60 Å². The van der Waals surface area contributed by atoms with Crippen molar-refractivity contribution >= 4 is 31.8 Å². The summed E-state index contributed by atoms with van der Waals surface area (Å²) in [5.74, 6) is 0. The summed E-state index contributed by atoms with van der Waals surface area (Å²) in [5.41, 5.74) is 1.08. The van der Waals surface area contributed by atoms with Crippen LogP contribution in [-0.4, -0.2) is 19.4 Å². The first kappa shape index (κ1) is 13.4. The van der Waals surface area contributed by atoms with E-state index in [1.54, 1.807) is 32.9 Å². The number of halogens is 1. The van der Waals surface area contributed by atoms with Crippen molar-refractivity contribution in [1.29, 1.82) is 0 Å². The normalized spacial score (nSPS) is 11.8. The van der Waals surface area contributed by atoms with Gasteiger partial charge < -0.3 is 0 Å². The monoisotopic (exact) mass is 307 g/mol. The molecule has 0 atom stereocenters. The zero-order valence-electron chi connectivity index (χ0n) is 9.28. The van der Waals surface area contributed by atoms with Gasteiger partial charge in [-0.2, -0.15) is 13.1 Å². The number of nitrogens with zero attached hydrogens (tertiary/aromatic N) is 1.